The normalized spacial score (nSPS) is 34.7. The molecule has 0 aromatic heterocycles. The third-order valence-corrected chi connectivity index (χ3v) is 3.58. The number of hydrogen-bond acceptors (Lipinski definition) is 1. The number of methoxy groups -OCH3 is 1. The third kappa shape index (κ3) is 1.54. The molecular weight excluding hydrogens is 172 g/mol. The lowest BCUT2D eigenvalue weighted by molar-refractivity contribution is 0.0380. The van der Waals surface area contributed by atoms with Gasteiger partial charge >= 0.3 is 0 Å². The van der Waals surface area contributed by atoms with Crippen LogP contribution in [0.1, 0.15) is 39.0 Å². The molecule has 3 aliphatic rings. The molecular formula is C13H20O. The predicted molar refractivity (Wildman–Crippen MR) is 59.2 cm³/mol. The Morgan fingerprint density at radius 1 is 1.57 bits per heavy atom. The van der Waals surface area contributed by atoms with E-state index in [0.29, 0.717) is 5.92 Å². The van der Waals surface area contributed by atoms with Crippen LogP contribution in [0, 0.1) is 5.92 Å². The van der Waals surface area contributed by atoms with Gasteiger partial charge in [0.05, 0.1) is 0 Å². The second kappa shape index (κ2) is 3.90. The van der Waals surface area contributed by atoms with Crippen molar-refractivity contribution in [2.75, 3.05) is 7.11 Å². The van der Waals surface area contributed by atoms with Gasteiger partial charge in [0.25, 0.3) is 0 Å². The summed E-state index contributed by atoms with van der Waals surface area (Å²) in [5.41, 5.74) is 1.50. The van der Waals surface area contributed by atoms with Gasteiger partial charge in [-0.1, -0.05) is 31.6 Å². The Hall–Kier alpha value is -0.560. The molecule has 0 aromatic rings. The van der Waals surface area contributed by atoms with Crippen LogP contribution in [0.15, 0.2) is 23.8 Å². The van der Waals surface area contributed by atoms with Crippen molar-refractivity contribution >= 4 is 0 Å². The lowest BCUT2D eigenvalue weighted by Crippen LogP contribution is -2.38. The molecule has 0 aliphatic heterocycles. The molecule has 14 heavy (non-hydrogen) atoms. The number of allylic oxidation sites excluding steroid dienone is 2. The molecule has 0 amide bonds. The van der Waals surface area contributed by atoms with Crippen LogP contribution in [-0.4, -0.2) is 12.7 Å². The van der Waals surface area contributed by atoms with E-state index in [0.717, 1.165) is 0 Å². The maximum absolute atomic E-state index is 5.72. The fraction of sp³-hybridized carbons (Fsp3) is 0.692. The van der Waals surface area contributed by atoms with E-state index in [1.807, 2.05) is 7.11 Å². The standard InChI is InChI=1S/C13H20O/c1-3-4-5-12-10-11-6-8-13(12,14-2)9-7-11/h6,8,10-11H,3-5,7,9H2,1-2H3. The van der Waals surface area contributed by atoms with Crippen molar-refractivity contribution in [3.8, 4) is 0 Å². The fourth-order valence-electron chi connectivity index (χ4n) is 2.61. The van der Waals surface area contributed by atoms with E-state index >= 15 is 0 Å². The van der Waals surface area contributed by atoms with Crippen molar-refractivity contribution < 1.29 is 4.74 Å². The van der Waals surface area contributed by atoms with Gasteiger partial charge in [-0.15, -0.1) is 0 Å². The fourth-order valence-corrected chi connectivity index (χ4v) is 2.61. The first-order chi connectivity index (χ1) is 6.80. The van der Waals surface area contributed by atoms with E-state index in [-0.39, 0.29) is 5.60 Å². The summed E-state index contributed by atoms with van der Waals surface area (Å²) in [5, 5.41) is 0. The highest BCUT2D eigenvalue weighted by Gasteiger charge is 2.38. The van der Waals surface area contributed by atoms with Crippen LogP contribution in [0.25, 0.3) is 0 Å². The quantitative estimate of drug-likeness (QED) is 0.620. The van der Waals surface area contributed by atoms with Crippen molar-refractivity contribution in [1.29, 1.82) is 0 Å². The molecule has 0 aromatic carbocycles. The maximum atomic E-state index is 5.72. The second-order valence-corrected chi connectivity index (χ2v) is 4.45. The SMILES string of the molecule is CCCCC1=CC2C=CC1(OC)CC2. The number of rotatable bonds is 4. The molecule has 78 valence electrons. The zero-order valence-electron chi connectivity index (χ0n) is 9.25. The average molecular weight is 192 g/mol. The summed E-state index contributed by atoms with van der Waals surface area (Å²) in [6.45, 7) is 2.25. The van der Waals surface area contributed by atoms with Crippen LogP contribution in [0.4, 0.5) is 0 Å². The molecule has 0 fully saturated rings. The molecule has 0 heterocycles. The topological polar surface area (TPSA) is 9.23 Å². The van der Waals surface area contributed by atoms with E-state index in [1.54, 1.807) is 0 Å². The number of fused-ring (bicyclic) bond motifs is 1. The van der Waals surface area contributed by atoms with Gasteiger partial charge in [0.15, 0.2) is 0 Å². The summed E-state index contributed by atoms with van der Waals surface area (Å²) < 4.78 is 5.72. The van der Waals surface area contributed by atoms with E-state index in [2.05, 4.69) is 25.2 Å². The molecule has 2 bridgehead atoms. The van der Waals surface area contributed by atoms with Gasteiger partial charge in [-0.3, -0.25) is 0 Å². The molecule has 2 unspecified atom stereocenters. The van der Waals surface area contributed by atoms with Gasteiger partial charge in [0.1, 0.15) is 5.60 Å². The van der Waals surface area contributed by atoms with Crippen molar-refractivity contribution in [3.63, 3.8) is 0 Å². The average Bonchev–Trinajstić information content (AvgIpc) is 2.28. The predicted octanol–water partition coefficient (Wildman–Crippen LogP) is 3.47. The van der Waals surface area contributed by atoms with Gasteiger partial charge in [-0.25, -0.2) is 0 Å². The first-order valence-corrected chi connectivity index (χ1v) is 5.76. The smallest absolute Gasteiger partial charge is 0.107 e. The zero-order chi connectivity index (χ0) is 10.0. The molecule has 0 spiro atoms. The zero-order valence-corrected chi connectivity index (χ0v) is 9.25. The summed E-state index contributed by atoms with van der Waals surface area (Å²) >= 11 is 0. The molecule has 3 rings (SSSR count). The van der Waals surface area contributed by atoms with Gasteiger partial charge < -0.3 is 4.74 Å². The van der Waals surface area contributed by atoms with E-state index in [1.165, 1.54) is 37.7 Å². The minimum Gasteiger partial charge on any atom is -0.370 e. The Bertz CT molecular complexity index is 264. The van der Waals surface area contributed by atoms with Gasteiger partial charge in [-0.05, 0) is 37.2 Å². The van der Waals surface area contributed by atoms with Crippen LogP contribution in [0.2, 0.25) is 0 Å². The highest BCUT2D eigenvalue weighted by molar-refractivity contribution is 5.35. The lowest BCUT2D eigenvalue weighted by atomic mass is 9.72. The largest absolute Gasteiger partial charge is 0.370 e. The van der Waals surface area contributed by atoms with Crippen LogP contribution >= 0.6 is 0 Å². The van der Waals surface area contributed by atoms with Crippen LogP contribution in [0.3, 0.4) is 0 Å². The van der Waals surface area contributed by atoms with Gasteiger partial charge in [0, 0.05) is 7.11 Å². The first-order valence-electron chi connectivity index (χ1n) is 5.76. The first kappa shape index (κ1) is 9.97. The molecule has 0 radical (unpaired) electrons. The van der Waals surface area contributed by atoms with Crippen molar-refractivity contribution in [2.45, 2.75) is 44.6 Å². The van der Waals surface area contributed by atoms with E-state index in [4.69, 9.17) is 4.74 Å². The van der Waals surface area contributed by atoms with Crippen molar-refractivity contribution in [3.05, 3.63) is 23.8 Å². The van der Waals surface area contributed by atoms with Gasteiger partial charge in [0.2, 0.25) is 0 Å². The van der Waals surface area contributed by atoms with E-state index in [9.17, 15) is 0 Å². The molecule has 0 saturated heterocycles. The summed E-state index contributed by atoms with van der Waals surface area (Å²) in [6, 6.07) is 0. The summed E-state index contributed by atoms with van der Waals surface area (Å²) in [7, 11) is 1.84. The molecule has 0 N–H and O–H groups in total. The Labute approximate surface area is 86.8 Å². The van der Waals surface area contributed by atoms with Crippen LogP contribution in [0.5, 0.6) is 0 Å². The Morgan fingerprint density at radius 2 is 2.43 bits per heavy atom. The Morgan fingerprint density at radius 3 is 3.00 bits per heavy atom. The maximum Gasteiger partial charge on any atom is 0.107 e. The second-order valence-electron chi connectivity index (χ2n) is 4.45. The molecule has 2 atom stereocenters. The van der Waals surface area contributed by atoms with Crippen LogP contribution < -0.4 is 0 Å². The number of ether oxygens (including phenoxy) is 1. The minimum atomic E-state index is -0.0239. The van der Waals surface area contributed by atoms with Crippen LogP contribution in [-0.2, 0) is 4.74 Å². The Balaban J connectivity index is 2.15. The monoisotopic (exact) mass is 192 g/mol. The summed E-state index contributed by atoms with van der Waals surface area (Å²) in [4.78, 5) is 0. The number of hydrogen-bond donors (Lipinski definition) is 0. The molecule has 1 heteroatoms. The molecule has 3 aliphatic carbocycles. The van der Waals surface area contributed by atoms with Gasteiger partial charge in [-0.2, -0.15) is 0 Å². The number of unbranched alkanes of at least 4 members (excludes halogenated alkanes) is 1. The Kier molecular flexibility index (Phi) is 2.78. The molecule has 1 nitrogen and oxygen atoms in total. The summed E-state index contributed by atoms with van der Waals surface area (Å²) in [6.07, 6.45) is 13.2. The third-order valence-electron chi connectivity index (χ3n) is 3.58. The van der Waals surface area contributed by atoms with E-state index < -0.39 is 0 Å². The summed E-state index contributed by atoms with van der Waals surface area (Å²) in [5.74, 6) is 0.693. The minimum absolute atomic E-state index is 0.0239. The van der Waals surface area contributed by atoms with Crippen molar-refractivity contribution in [2.24, 2.45) is 5.92 Å². The highest BCUT2D eigenvalue weighted by Crippen LogP contribution is 2.43. The lowest BCUT2D eigenvalue weighted by Gasteiger charge is -2.41. The van der Waals surface area contributed by atoms with Crippen molar-refractivity contribution in [1.82, 2.24) is 0 Å². The highest BCUT2D eigenvalue weighted by atomic mass is 16.5. The molecule has 0 saturated carbocycles.